The molecule has 0 bridgehead atoms. The zero-order valence-electron chi connectivity index (χ0n) is 12.5. The van der Waals surface area contributed by atoms with E-state index in [1.165, 1.54) is 17.7 Å². The number of nitrogens with zero attached hydrogens (tertiary/aromatic N) is 2. The highest BCUT2D eigenvalue weighted by Crippen LogP contribution is 2.22. The smallest absolute Gasteiger partial charge is 0.258 e. The lowest BCUT2D eigenvalue weighted by Crippen LogP contribution is -1.89. The molecule has 0 aliphatic heterocycles. The van der Waals surface area contributed by atoms with Crippen molar-refractivity contribution in [1.82, 2.24) is 0 Å². The predicted octanol–water partition coefficient (Wildman–Crippen LogP) is 4.78. The Bertz CT molecular complexity index is 753. The first-order valence-corrected chi connectivity index (χ1v) is 6.98. The molecule has 0 atom stereocenters. The standard InChI is InChI=1S/C18H16N2O2/c1-13(2)15-6-8-16(9-7-15)17(12-19)10-14-4-3-5-18(11-14)20(21)22/h3-11,13H,1-2H3/b17-10+. The molecule has 0 aromatic heterocycles. The highest BCUT2D eigenvalue weighted by Gasteiger charge is 2.07. The zero-order chi connectivity index (χ0) is 16.1. The molecule has 2 aromatic rings. The summed E-state index contributed by atoms with van der Waals surface area (Å²) in [5.41, 5.74) is 3.14. The summed E-state index contributed by atoms with van der Waals surface area (Å²) in [6.45, 7) is 4.22. The highest BCUT2D eigenvalue weighted by atomic mass is 16.6. The van der Waals surface area contributed by atoms with Crippen LogP contribution in [-0.4, -0.2) is 4.92 Å². The van der Waals surface area contributed by atoms with Crippen LogP contribution in [0.2, 0.25) is 0 Å². The predicted molar refractivity (Wildman–Crippen MR) is 87.1 cm³/mol. The van der Waals surface area contributed by atoms with E-state index in [-0.39, 0.29) is 5.69 Å². The average molecular weight is 292 g/mol. The molecule has 0 fully saturated rings. The van der Waals surface area contributed by atoms with Crippen LogP contribution in [0.3, 0.4) is 0 Å². The van der Waals surface area contributed by atoms with Gasteiger partial charge in [0.1, 0.15) is 0 Å². The summed E-state index contributed by atoms with van der Waals surface area (Å²) in [7, 11) is 0. The zero-order valence-corrected chi connectivity index (χ0v) is 12.5. The largest absolute Gasteiger partial charge is 0.270 e. The minimum absolute atomic E-state index is 0.0150. The maximum atomic E-state index is 10.8. The van der Waals surface area contributed by atoms with Crippen LogP contribution in [0.4, 0.5) is 5.69 Å². The van der Waals surface area contributed by atoms with E-state index >= 15 is 0 Å². The molecule has 0 heterocycles. The third kappa shape index (κ3) is 3.58. The van der Waals surface area contributed by atoms with Crippen molar-refractivity contribution < 1.29 is 4.92 Å². The lowest BCUT2D eigenvalue weighted by atomic mass is 9.98. The topological polar surface area (TPSA) is 66.9 Å². The molecule has 4 nitrogen and oxygen atoms in total. The quantitative estimate of drug-likeness (QED) is 0.352. The van der Waals surface area contributed by atoms with Gasteiger partial charge >= 0.3 is 0 Å². The fourth-order valence-corrected chi connectivity index (χ4v) is 2.12. The van der Waals surface area contributed by atoms with Crippen LogP contribution in [0.1, 0.15) is 36.5 Å². The molecule has 0 aliphatic rings. The van der Waals surface area contributed by atoms with Gasteiger partial charge in [-0.15, -0.1) is 0 Å². The lowest BCUT2D eigenvalue weighted by molar-refractivity contribution is -0.384. The number of hydrogen-bond acceptors (Lipinski definition) is 3. The van der Waals surface area contributed by atoms with Crippen molar-refractivity contribution in [3.05, 3.63) is 75.3 Å². The van der Waals surface area contributed by atoms with E-state index in [1.807, 2.05) is 24.3 Å². The summed E-state index contributed by atoms with van der Waals surface area (Å²) in [5, 5.41) is 20.1. The summed E-state index contributed by atoms with van der Waals surface area (Å²) in [5.74, 6) is 0.431. The Morgan fingerprint density at radius 3 is 2.45 bits per heavy atom. The van der Waals surface area contributed by atoms with Crippen LogP contribution < -0.4 is 0 Å². The molecule has 0 radical (unpaired) electrons. The van der Waals surface area contributed by atoms with E-state index in [1.54, 1.807) is 18.2 Å². The van der Waals surface area contributed by atoms with E-state index in [4.69, 9.17) is 0 Å². The first-order chi connectivity index (χ1) is 10.5. The van der Waals surface area contributed by atoms with E-state index in [2.05, 4.69) is 19.9 Å². The molecule has 2 aromatic carbocycles. The van der Waals surface area contributed by atoms with Crippen LogP contribution in [0, 0.1) is 21.4 Å². The van der Waals surface area contributed by atoms with Crippen LogP contribution >= 0.6 is 0 Å². The minimum atomic E-state index is -0.444. The minimum Gasteiger partial charge on any atom is -0.258 e. The SMILES string of the molecule is CC(C)c1ccc(/C(C#N)=C/c2cccc([N+](=O)[O-])c2)cc1. The van der Waals surface area contributed by atoms with Gasteiger partial charge in [0.25, 0.3) is 5.69 Å². The number of nitro benzene ring substituents is 1. The van der Waals surface area contributed by atoms with E-state index in [0.29, 0.717) is 17.1 Å². The van der Waals surface area contributed by atoms with Crippen LogP contribution in [0.5, 0.6) is 0 Å². The van der Waals surface area contributed by atoms with Crippen LogP contribution in [-0.2, 0) is 0 Å². The number of rotatable bonds is 4. The summed E-state index contributed by atoms with van der Waals surface area (Å²) in [6, 6.07) is 16.2. The summed E-state index contributed by atoms with van der Waals surface area (Å²) in [6.07, 6.45) is 1.66. The van der Waals surface area contributed by atoms with Gasteiger partial charge in [-0.3, -0.25) is 10.1 Å². The molecule has 0 saturated heterocycles. The second-order valence-electron chi connectivity index (χ2n) is 5.30. The molecule has 0 unspecified atom stereocenters. The normalized spacial score (nSPS) is 11.3. The summed E-state index contributed by atoms with van der Waals surface area (Å²) in [4.78, 5) is 10.4. The molecule has 0 spiro atoms. The fourth-order valence-electron chi connectivity index (χ4n) is 2.12. The highest BCUT2D eigenvalue weighted by molar-refractivity contribution is 5.89. The van der Waals surface area contributed by atoms with Crippen molar-refractivity contribution in [2.45, 2.75) is 19.8 Å². The van der Waals surface area contributed by atoms with Gasteiger partial charge in [-0.1, -0.05) is 50.2 Å². The van der Waals surface area contributed by atoms with Crippen LogP contribution in [0.15, 0.2) is 48.5 Å². The lowest BCUT2D eigenvalue weighted by Gasteiger charge is -2.06. The Hall–Kier alpha value is -2.93. The molecule has 0 saturated carbocycles. The van der Waals surface area contributed by atoms with E-state index < -0.39 is 4.92 Å². The molecule has 0 amide bonds. The molecule has 110 valence electrons. The Balaban J connectivity index is 2.37. The monoisotopic (exact) mass is 292 g/mol. The summed E-state index contributed by atoms with van der Waals surface area (Å²) < 4.78 is 0. The van der Waals surface area contributed by atoms with Gasteiger partial charge < -0.3 is 0 Å². The van der Waals surface area contributed by atoms with Gasteiger partial charge in [-0.25, -0.2) is 0 Å². The van der Waals surface area contributed by atoms with Crippen molar-refractivity contribution in [3.63, 3.8) is 0 Å². The molecule has 4 heteroatoms. The van der Waals surface area contributed by atoms with E-state index in [9.17, 15) is 15.4 Å². The van der Waals surface area contributed by atoms with Crippen molar-refractivity contribution in [2.75, 3.05) is 0 Å². The maximum Gasteiger partial charge on any atom is 0.270 e. The summed E-state index contributed by atoms with van der Waals surface area (Å²) >= 11 is 0. The van der Waals surface area contributed by atoms with E-state index in [0.717, 1.165) is 5.56 Å². The number of nitro groups is 1. The molecule has 0 aliphatic carbocycles. The van der Waals surface area contributed by atoms with Gasteiger partial charge in [0, 0.05) is 12.1 Å². The molecule has 2 rings (SSSR count). The number of non-ortho nitro benzene ring substituents is 1. The number of nitriles is 1. The molecule has 0 N–H and O–H groups in total. The second kappa shape index (κ2) is 6.68. The van der Waals surface area contributed by atoms with Crippen molar-refractivity contribution >= 4 is 17.3 Å². The Kier molecular flexibility index (Phi) is 4.70. The van der Waals surface area contributed by atoms with Gasteiger partial charge in [-0.05, 0) is 28.7 Å². The Morgan fingerprint density at radius 2 is 1.91 bits per heavy atom. The van der Waals surface area contributed by atoms with Gasteiger partial charge in [-0.2, -0.15) is 5.26 Å². The van der Waals surface area contributed by atoms with Crippen molar-refractivity contribution in [1.29, 1.82) is 5.26 Å². The third-order valence-electron chi connectivity index (χ3n) is 3.40. The Labute approximate surface area is 129 Å². The molecular formula is C18H16N2O2. The first-order valence-electron chi connectivity index (χ1n) is 6.98. The van der Waals surface area contributed by atoms with Crippen molar-refractivity contribution in [3.8, 4) is 6.07 Å². The first kappa shape index (κ1) is 15.5. The molecular weight excluding hydrogens is 276 g/mol. The maximum absolute atomic E-state index is 10.8. The number of benzene rings is 2. The second-order valence-corrected chi connectivity index (χ2v) is 5.30. The fraction of sp³-hybridized carbons (Fsp3) is 0.167. The van der Waals surface area contributed by atoms with Gasteiger partial charge in [0.15, 0.2) is 0 Å². The average Bonchev–Trinajstić information content (AvgIpc) is 2.53. The number of allylic oxidation sites excluding steroid dienone is 1. The third-order valence-corrected chi connectivity index (χ3v) is 3.40. The van der Waals surface area contributed by atoms with Crippen molar-refractivity contribution in [2.24, 2.45) is 0 Å². The number of hydrogen-bond donors (Lipinski definition) is 0. The van der Waals surface area contributed by atoms with Gasteiger partial charge in [0.05, 0.1) is 16.6 Å². The Morgan fingerprint density at radius 1 is 1.23 bits per heavy atom. The molecule has 22 heavy (non-hydrogen) atoms. The van der Waals surface area contributed by atoms with Gasteiger partial charge in [0.2, 0.25) is 0 Å². The van der Waals surface area contributed by atoms with Crippen LogP contribution in [0.25, 0.3) is 11.6 Å².